The predicted molar refractivity (Wildman–Crippen MR) is 136 cm³/mol. The second-order valence-electron chi connectivity index (χ2n) is 8.16. The van der Waals surface area contributed by atoms with Gasteiger partial charge in [-0.2, -0.15) is 4.98 Å². The summed E-state index contributed by atoms with van der Waals surface area (Å²) in [5, 5.41) is 0.460. The Morgan fingerprint density at radius 3 is 2.54 bits per heavy atom. The molecule has 0 aliphatic heterocycles. The number of benzene rings is 2. The third kappa shape index (κ3) is 3.54. The van der Waals surface area contributed by atoms with Gasteiger partial charge in [-0.25, -0.2) is 19.2 Å². The van der Waals surface area contributed by atoms with Crippen molar-refractivity contribution in [1.29, 1.82) is 0 Å². The molecule has 0 spiro atoms. The van der Waals surface area contributed by atoms with Gasteiger partial charge < -0.3 is 4.74 Å². The zero-order valence-electron chi connectivity index (χ0n) is 19.6. The number of aromatic nitrogens is 5. The summed E-state index contributed by atoms with van der Waals surface area (Å²) in [5.41, 5.74) is 5.22. The molecule has 3 aromatic heterocycles. The Morgan fingerprint density at radius 2 is 1.86 bits per heavy atom. The first-order valence-electron chi connectivity index (χ1n) is 11.0. The number of methoxy groups -OCH3 is 1. The van der Waals surface area contributed by atoms with Gasteiger partial charge in [-0.1, -0.05) is 13.0 Å². The SMILES string of the molecule is [C-]#[N+]c1ccc(-n2c(=S)n(-c3cc(F)c4nc(CC)nc(OC)c4c3)c3c(C)ccnc32)cc1C. The van der Waals surface area contributed by atoms with Crippen LogP contribution in [0.1, 0.15) is 23.9 Å². The molecule has 0 aliphatic rings. The molecule has 9 heteroatoms. The second-order valence-corrected chi connectivity index (χ2v) is 8.53. The van der Waals surface area contributed by atoms with Crippen molar-refractivity contribution in [3.63, 3.8) is 0 Å². The number of hydrogen-bond acceptors (Lipinski definition) is 5. The van der Waals surface area contributed by atoms with Gasteiger partial charge >= 0.3 is 0 Å². The molecule has 0 saturated carbocycles. The van der Waals surface area contributed by atoms with Crippen molar-refractivity contribution in [1.82, 2.24) is 24.1 Å². The van der Waals surface area contributed by atoms with E-state index in [0.717, 1.165) is 22.3 Å². The lowest BCUT2D eigenvalue weighted by atomic mass is 10.2. The topological polar surface area (TPSA) is 62.1 Å². The molecule has 3 heterocycles. The standard InChI is InChI=1S/C26H21FN6OS/c1-6-21-30-22-18(25(31-21)34-5)12-17(13-19(22)27)32-23-14(2)9-10-29-24(23)33(26(32)35)16-7-8-20(28-4)15(3)11-16/h7-13H,6H2,1-3,5H3. The third-order valence-corrected chi connectivity index (χ3v) is 6.37. The first kappa shape index (κ1) is 22.6. The molecule has 0 fully saturated rings. The van der Waals surface area contributed by atoms with Gasteiger partial charge in [-0.15, -0.1) is 0 Å². The number of imidazole rings is 1. The number of aryl methyl sites for hydroxylation is 3. The molecule has 0 bridgehead atoms. The summed E-state index contributed by atoms with van der Waals surface area (Å²) in [4.78, 5) is 17.0. The van der Waals surface area contributed by atoms with Crippen LogP contribution in [0.25, 0.3) is 38.3 Å². The number of fused-ring (bicyclic) bond motifs is 2. The highest BCUT2D eigenvalue weighted by Crippen LogP contribution is 2.32. The molecule has 35 heavy (non-hydrogen) atoms. The summed E-state index contributed by atoms with van der Waals surface area (Å²) in [5.74, 6) is 0.324. The Kier molecular flexibility index (Phi) is 5.53. The summed E-state index contributed by atoms with van der Waals surface area (Å²) < 4.78 is 25.0. The number of nitrogens with zero attached hydrogens (tertiary/aromatic N) is 6. The molecule has 174 valence electrons. The van der Waals surface area contributed by atoms with Crippen LogP contribution >= 0.6 is 12.2 Å². The number of pyridine rings is 1. The van der Waals surface area contributed by atoms with E-state index in [4.69, 9.17) is 23.5 Å². The van der Waals surface area contributed by atoms with Crippen molar-refractivity contribution in [2.75, 3.05) is 7.11 Å². The van der Waals surface area contributed by atoms with E-state index in [2.05, 4.69) is 19.8 Å². The van der Waals surface area contributed by atoms with Crippen LogP contribution in [0.3, 0.4) is 0 Å². The highest BCUT2D eigenvalue weighted by molar-refractivity contribution is 7.71. The van der Waals surface area contributed by atoms with E-state index in [1.807, 2.05) is 43.5 Å². The Balaban J connectivity index is 1.86. The van der Waals surface area contributed by atoms with Crippen molar-refractivity contribution in [3.05, 3.63) is 81.6 Å². The zero-order valence-corrected chi connectivity index (χ0v) is 20.4. The number of halogens is 1. The first-order valence-corrected chi connectivity index (χ1v) is 11.4. The van der Waals surface area contributed by atoms with Crippen LogP contribution in [0.5, 0.6) is 5.88 Å². The summed E-state index contributed by atoms with van der Waals surface area (Å²) in [7, 11) is 1.51. The summed E-state index contributed by atoms with van der Waals surface area (Å²) in [6.07, 6.45) is 2.28. The Hall–Kier alpha value is -4.16. The quantitative estimate of drug-likeness (QED) is 0.219. The molecule has 0 atom stereocenters. The molecular formula is C26H21FN6OS. The lowest BCUT2D eigenvalue weighted by molar-refractivity contribution is 0.400. The van der Waals surface area contributed by atoms with Crippen LogP contribution in [0.4, 0.5) is 10.1 Å². The van der Waals surface area contributed by atoms with Crippen molar-refractivity contribution >= 4 is 40.0 Å². The van der Waals surface area contributed by atoms with Gasteiger partial charge in [0.05, 0.1) is 30.3 Å². The van der Waals surface area contributed by atoms with Crippen LogP contribution in [0, 0.1) is 31.0 Å². The van der Waals surface area contributed by atoms with Crippen molar-refractivity contribution in [2.45, 2.75) is 27.2 Å². The molecule has 0 unspecified atom stereocenters. The highest BCUT2D eigenvalue weighted by atomic mass is 32.1. The number of rotatable bonds is 4. The van der Waals surface area contributed by atoms with Gasteiger partial charge in [-0.05, 0) is 61.5 Å². The van der Waals surface area contributed by atoms with Crippen molar-refractivity contribution in [3.8, 4) is 17.3 Å². The number of hydrogen-bond donors (Lipinski definition) is 0. The van der Waals surface area contributed by atoms with Crippen molar-refractivity contribution in [2.24, 2.45) is 0 Å². The van der Waals surface area contributed by atoms with Crippen LogP contribution in [0.15, 0.2) is 42.6 Å². The van der Waals surface area contributed by atoms with E-state index in [9.17, 15) is 0 Å². The molecule has 5 aromatic rings. The Bertz CT molecular complexity index is 1750. The monoisotopic (exact) mass is 484 g/mol. The van der Waals surface area contributed by atoms with Crippen LogP contribution in [-0.2, 0) is 6.42 Å². The summed E-state index contributed by atoms with van der Waals surface area (Å²) in [6.45, 7) is 13.1. The van der Waals surface area contributed by atoms with Crippen molar-refractivity contribution < 1.29 is 9.13 Å². The molecule has 2 aromatic carbocycles. The van der Waals surface area contributed by atoms with E-state index < -0.39 is 5.82 Å². The molecule has 0 saturated heterocycles. The summed E-state index contributed by atoms with van der Waals surface area (Å²) in [6, 6.07) is 10.6. The average Bonchev–Trinajstić information content (AvgIpc) is 3.16. The third-order valence-electron chi connectivity index (χ3n) is 6.00. The molecule has 5 rings (SSSR count). The lowest BCUT2D eigenvalue weighted by Crippen LogP contribution is -2.03. The van der Waals surface area contributed by atoms with Gasteiger partial charge in [-0.3, -0.25) is 9.13 Å². The fourth-order valence-electron chi connectivity index (χ4n) is 4.27. The maximum Gasteiger partial charge on any atom is 0.224 e. The average molecular weight is 485 g/mol. The van der Waals surface area contributed by atoms with E-state index in [-0.39, 0.29) is 5.52 Å². The predicted octanol–water partition coefficient (Wildman–Crippen LogP) is 6.37. The van der Waals surface area contributed by atoms with Crippen LogP contribution < -0.4 is 4.74 Å². The minimum atomic E-state index is -0.491. The van der Waals surface area contributed by atoms with Crippen LogP contribution in [-0.4, -0.2) is 31.2 Å². The fourth-order valence-corrected chi connectivity index (χ4v) is 4.66. The molecule has 7 nitrogen and oxygen atoms in total. The van der Waals surface area contributed by atoms with Gasteiger partial charge in [0.15, 0.2) is 21.9 Å². The fraction of sp³-hybridized carbons (Fsp3) is 0.192. The maximum absolute atomic E-state index is 15.4. The Morgan fingerprint density at radius 1 is 1.06 bits per heavy atom. The number of ether oxygens (including phenoxy) is 1. The highest BCUT2D eigenvalue weighted by Gasteiger charge is 2.20. The summed E-state index contributed by atoms with van der Waals surface area (Å²) >= 11 is 5.93. The van der Waals surface area contributed by atoms with E-state index in [1.54, 1.807) is 22.9 Å². The molecule has 0 radical (unpaired) electrons. The molecular weight excluding hydrogens is 463 g/mol. The van der Waals surface area contributed by atoms with Gasteiger partial charge in [0.2, 0.25) is 5.88 Å². The maximum atomic E-state index is 15.4. The molecule has 0 aliphatic carbocycles. The van der Waals surface area contributed by atoms with E-state index in [0.29, 0.717) is 45.3 Å². The van der Waals surface area contributed by atoms with Gasteiger partial charge in [0, 0.05) is 24.4 Å². The minimum Gasteiger partial charge on any atom is -0.480 e. The van der Waals surface area contributed by atoms with E-state index >= 15 is 4.39 Å². The Labute approximate surface area is 206 Å². The van der Waals surface area contributed by atoms with Gasteiger partial charge in [0.1, 0.15) is 11.3 Å². The lowest BCUT2D eigenvalue weighted by Gasteiger charge is -2.11. The first-order chi connectivity index (χ1) is 16.9. The normalized spacial score (nSPS) is 11.2. The van der Waals surface area contributed by atoms with Crippen LogP contribution in [0.2, 0.25) is 0 Å². The van der Waals surface area contributed by atoms with Gasteiger partial charge in [0.25, 0.3) is 0 Å². The zero-order chi connectivity index (χ0) is 24.9. The smallest absolute Gasteiger partial charge is 0.224 e. The molecule has 0 amide bonds. The largest absolute Gasteiger partial charge is 0.480 e. The van der Waals surface area contributed by atoms with E-state index in [1.165, 1.54) is 13.2 Å². The second kappa shape index (κ2) is 8.56. The minimum absolute atomic E-state index is 0.202. The molecule has 0 N–H and O–H groups in total.